The SMILES string of the molecule is CCN(CCO)c1nc[nH]c(=O)c1[N+](=O)[O-]. The molecule has 8 nitrogen and oxygen atoms in total. The van der Waals surface area contributed by atoms with Gasteiger partial charge in [-0.2, -0.15) is 0 Å². The van der Waals surface area contributed by atoms with Gasteiger partial charge in [0.05, 0.1) is 17.9 Å². The molecule has 1 heterocycles. The number of hydrogen-bond acceptors (Lipinski definition) is 6. The average molecular weight is 228 g/mol. The van der Waals surface area contributed by atoms with Crippen LogP contribution in [0.25, 0.3) is 0 Å². The van der Waals surface area contributed by atoms with Crippen LogP contribution in [-0.4, -0.2) is 39.7 Å². The minimum atomic E-state index is -0.800. The average Bonchev–Trinajstić information content (AvgIpc) is 2.25. The Morgan fingerprint density at radius 3 is 2.88 bits per heavy atom. The molecular weight excluding hydrogens is 216 g/mol. The highest BCUT2D eigenvalue weighted by Gasteiger charge is 2.24. The van der Waals surface area contributed by atoms with Crippen LogP contribution >= 0.6 is 0 Å². The van der Waals surface area contributed by atoms with Gasteiger partial charge in [-0.05, 0) is 6.92 Å². The highest BCUT2D eigenvalue weighted by molar-refractivity contribution is 5.55. The summed E-state index contributed by atoms with van der Waals surface area (Å²) in [4.78, 5) is 28.6. The maximum absolute atomic E-state index is 11.3. The van der Waals surface area contributed by atoms with E-state index < -0.39 is 16.2 Å². The fraction of sp³-hybridized carbons (Fsp3) is 0.500. The number of aliphatic hydroxyl groups is 1. The van der Waals surface area contributed by atoms with Crippen LogP contribution in [0.15, 0.2) is 11.1 Å². The number of likely N-dealkylation sites (N-methyl/N-ethyl adjacent to an activating group) is 1. The largest absolute Gasteiger partial charge is 0.395 e. The molecule has 0 amide bonds. The Bertz CT molecular complexity index is 430. The molecule has 1 aromatic heterocycles. The zero-order valence-electron chi connectivity index (χ0n) is 8.71. The van der Waals surface area contributed by atoms with E-state index in [1.807, 2.05) is 0 Å². The third-order valence-electron chi connectivity index (χ3n) is 2.04. The summed E-state index contributed by atoms with van der Waals surface area (Å²) in [6, 6.07) is 0. The highest BCUT2D eigenvalue weighted by Crippen LogP contribution is 2.19. The number of nitrogens with one attached hydrogen (secondary N) is 1. The van der Waals surface area contributed by atoms with Crippen molar-refractivity contribution in [2.45, 2.75) is 6.92 Å². The fourth-order valence-electron chi connectivity index (χ4n) is 1.31. The number of aromatic amines is 1. The van der Waals surface area contributed by atoms with E-state index in [0.29, 0.717) is 6.54 Å². The number of rotatable bonds is 5. The van der Waals surface area contributed by atoms with Crippen LogP contribution in [0.2, 0.25) is 0 Å². The summed E-state index contributed by atoms with van der Waals surface area (Å²) in [6.07, 6.45) is 1.10. The first-order chi connectivity index (χ1) is 7.61. The van der Waals surface area contributed by atoms with Gasteiger partial charge in [0.1, 0.15) is 0 Å². The molecule has 0 spiro atoms. The molecule has 0 aliphatic rings. The minimum absolute atomic E-state index is 0.0229. The molecular formula is C8H12N4O4. The molecule has 1 aromatic rings. The molecule has 88 valence electrons. The second-order valence-corrected chi connectivity index (χ2v) is 2.96. The Hall–Kier alpha value is -1.96. The Morgan fingerprint density at radius 1 is 1.69 bits per heavy atom. The predicted octanol–water partition coefficient (Wildman–Crippen LogP) is -0.503. The topological polar surface area (TPSA) is 112 Å². The van der Waals surface area contributed by atoms with Crippen molar-refractivity contribution in [1.29, 1.82) is 0 Å². The highest BCUT2D eigenvalue weighted by atomic mass is 16.6. The number of nitrogens with zero attached hydrogens (tertiary/aromatic N) is 3. The summed E-state index contributed by atoms with van der Waals surface area (Å²) < 4.78 is 0. The van der Waals surface area contributed by atoms with Crippen LogP contribution in [0.4, 0.5) is 11.5 Å². The second-order valence-electron chi connectivity index (χ2n) is 2.96. The van der Waals surface area contributed by atoms with E-state index in [0.717, 1.165) is 6.33 Å². The fourth-order valence-corrected chi connectivity index (χ4v) is 1.31. The maximum atomic E-state index is 11.3. The van der Waals surface area contributed by atoms with E-state index in [2.05, 4.69) is 9.97 Å². The quantitative estimate of drug-likeness (QED) is 0.518. The third kappa shape index (κ3) is 2.34. The van der Waals surface area contributed by atoms with Crippen molar-refractivity contribution in [3.05, 3.63) is 26.8 Å². The lowest BCUT2D eigenvalue weighted by atomic mass is 10.4. The monoisotopic (exact) mass is 228 g/mol. The van der Waals surface area contributed by atoms with E-state index in [4.69, 9.17) is 5.11 Å². The zero-order chi connectivity index (χ0) is 12.1. The van der Waals surface area contributed by atoms with Crippen LogP contribution in [0.5, 0.6) is 0 Å². The standard InChI is InChI=1S/C8H12N4O4/c1-2-11(3-4-13)7-6(12(15)16)8(14)10-5-9-7/h5,13H,2-4H2,1H3,(H,9,10,14). The van der Waals surface area contributed by atoms with Gasteiger partial charge in [-0.25, -0.2) is 4.98 Å². The summed E-state index contributed by atoms with van der Waals surface area (Å²) in [7, 11) is 0. The number of nitro groups is 1. The van der Waals surface area contributed by atoms with E-state index >= 15 is 0 Å². The summed E-state index contributed by atoms with van der Waals surface area (Å²) >= 11 is 0. The van der Waals surface area contributed by atoms with Crippen LogP contribution in [0.3, 0.4) is 0 Å². The van der Waals surface area contributed by atoms with Crippen molar-refractivity contribution >= 4 is 11.5 Å². The van der Waals surface area contributed by atoms with Gasteiger partial charge in [0, 0.05) is 13.1 Å². The molecule has 8 heteroatoms. The number of aliphatic hydroxyl groups excluding tert-OH is 1. The van der Waals surface area contributed by atoms with Gasteiger partial charge in [-0.1, -0.05) is 0 Å². The number of anilines is 1. The smallest absolute Gasteiger partial charge is 0.375 e. The first kappa shape index (κ1) is 12.1. The lowest BCUT2D eigenvalue weighted by Gasteiger charge is -2.19. The van der Waals surface area contributed by atoms with Crippen molar-refractivity contribution in [2.75, 3.05) is 24.6 Å². The van der Waals surface area contributed by atoms with Crippen LogP contribution in [0, 0.1) is 10.1 Å². The minimum Gasteiger partial charge on any atom is -0.395 e. The van der Waals surface area contributed by atoms with Crippen molar-refractivity contribution < 1.29 is 10.0 Å². The van der Waals surface area contributed by atoms with Gasteiger partial charge < -0.3 is 15.0 Å². The molecule has 2 N–H and O–H groups in total. The molecule has 0 aliphatic carbocycles. The molecule has 0 atom stereocenters. The van der Waals surface area contributed by atoms with Crippen LogP contribution < -0.4 is 10.5 Å². The summed E-state index contributed by atoms with van der Waals surface area (Å²) in [6.45, 7) is 2.19. The summed E-state index contributed by atoms with van der Waals surface area (Å²) in [5.41, 5.74) is -1.40. The van der Waals surface area contributed by atoms with Gasteiger partial charge >= 0.3 is 11.2 Å². The molecule has 0 unspecified atom stereocenters. The Morgan fingerprint density at radius 2 is 2.38 bits per heavy atom. The van der Waals surface area contributed by atoms with Gasteiger partial charge in [-0.15, -0.1) is 0 Å². The second kappa shape index (κ2) is 5.21. The van der Waals surface area contributed by atoms with Crippen LogP contribution in [0.1, 0.15) is 6.92 Å². The molecule has 1 rings (SSSR count). The molecule has 0 bridgehead atoms. The van der Waals surface area contributed by atoms with Gasteiger partial charge in [0.15, 0.2) is 0 Å². The lowest BCUT2D eigenvalue weighted by molar-refractivity contribution is -0.385. The van der Waals surface area contributed by atoms with E-state index in [1.165, 1.54) is 4.90 Å². The summed E-state index contributed by atoms with van der Waals surface area (Å²) in [5.74, 6) is -0.0229. The van der Waals surface area contributed by atoms with Gasteiger partial charge in [-0.3, -0.25) is 14.9 Å². The Labute approximate surface area is 90.7 Å². The Kier molecular flexibility index (Phi) is 3.95. The van der Waals surface area contributed by atoms with E-state index in [1.54, 1.807) is 6.92 Å². The first-order valence-corrected chi connectivity index (χ1v) is 4.69. The normalized spacial score (nSPS) is 10.1. The Balaban J connectivity index is 3.26. The number of hydrogen-bond donors (Lipinski definition) is 2. The van der Waals surface area contributed by atoms with E-state index in [9.17, 15) is 14.9 Å². The predicted molar refractivity (Wildman–Crippen MR) is 56.5 cm³/mol. The maximum Gasteiger partial charge on any atom is 0.375 e. The van der Waals surface area contributed by atoms with E-state index in [-0.39, 0.29) is 19.0 Å². The van der Waals surface area contributed by atoms with Crippen molar-refractivity contribution in [3.63, 3.8) is 0 Å². The molecule has 0 saturated carbocycles. The molecule has 0 aromatic carbocycles. The molecule has 0 radical (unpaired) electrons. The lowest BCUT2D eigenvalue weighted by Crippen LogP contribution is -2.30. The third-order valence-corrected chi connectivity index (χ3v) is 2.04. The molecule has 0 fully saturated rings. The number of H-pyrrole nitrogens is 1. The molecule has 16 heavy (non-hydrogen) atoms. The van der Waals surface area contributed by atoms with Gasteiger partial charge in [0.2, 0.25) is 5.82 Å². The summed E-state index contributed by atoms with van der Waals surface area (Å²) in [5, 5.41) is 19.5. The van der Waals surface area contributed by atoms with Crippen molar-refractivity contribution in [2.24, 2.45) is 0 Å². The van der Waals surface area contributed by atoms with Crippen molar-refractivity contribution in [1.82, 2.24) is 9.97 Å². The zero-order valence-corrected chi connectivity index (χ0v) is 8.71. The van der Waals surface area contributed by atoms with Crippen LogP contribution in [-0.2, 0) is 0 Å². The molecule has 0 aliphatic heterocycles. The molecule has 0 saturated heterocycles. The van der Waals surface area contributed by atoms with Crippen molar-refractivity contribution in [3.8, 4) is 0 Å². The first-order valence-electron chi connectivity index (χ1n) is 4.69. The number of aromatic nitrogens is 2. The van der Waals surface area contributed by atoms with Gasteiger partial charge in [0.25, 0.3) is 0 Å².